The van der Waals surface area contributed by atoms with E-state index in [-0.39, 0.29) is 25.7 Å². The number of aliphatic hydroxyl groups is 1. The molecule has 0 aromatic heterocycles. The van der Waals surface area contributed by atoms with Crippen molar-refractivity contribution in [2.75, 3.05) is 39.6 Å². The molecule has 3 unspecified atom stereocenters. The Labute approximate surface area is 664 Å². The van der Waals surface area contributed by atoms with E-state index < -0.39 is 97.5 Å². The largest absolute Gasteiger partial charge is 0.472 e. The van der Waals surface area contributed by atoms with Gasteiger partial charge in [-0.3, -0.25) is 37.3 Å². The molecule has 6 atom stereocenters. The van der Waals surface area contributed by atoms with E-state index in [2.05, 4.69) is 34.6 Å². The van der Waals surface area contributed by atoms with E-state index in [1.807, 2.05) is 0 Å². The number of aliphatic hydroxyl groups excluding tert-OH is 1. The van der Waals surface area contributed by atoms with E-state index in [0.29, 0.717) is 25.7 Å². The van der Waals surface area contributed by atoms with Crippen LogP contribution in [0.15, 0.2) is 0 Å². The van der Waals surface area contributed by atoms with Gasteiger partial charge in [-0.2, -0.15) is 0 Å². The molecule has 3 N–H and O–H groups in total. The molecule has 0 amide bonds. The molecule has 0 aliphatic rings. The van der Waals surface area contributed by atoms with Gasteiger partial charge in [0.2, 0.25) is 0 Å². The van der Waals surface area contributed by atoms with Crippen LogP contribution < -0.4 is 0 Å². The Kier molecular flexibility index (Phi) is 80.2. The number of ether oxygens (including phenoxy) is 4. The van der Waals surface area contributed by atoms with Crippen molar-refractivity contribution in [1.82, 2.24) is 0 Å². The summed E-state index contributed by atoms with van der Waals surface area (Å²) in [6.07, 6.45) is 76.3. The molecule has 0 bridgehead atoms. The van der Waals surface area contributed by atoms with Crippen molar-refractivity contribution in [3.05, 3.63) is 0 Å². The van der Waals surface area contributed by atoms with Crippen molar-refractivity contribution >= 4 is 39.5 Å². The number of esters is 4. The number of rotatable bonds is 89. The standard InChI is InChI=1S/C89H174O17P2/c1-6-10-13-16-19-22-25-27-29-31-36-39-43-48-53-58-63-68-73-87(92)100-79-85(106-89(94)75-70-65-60-55-50-45-41-37-33-32-35-38-42-47-51-56-61-66-71-82(5)9-4)81-104-108(97,98)102-77-83(90)76-101-107(95,96)103-80-84(78-99-86(91)72-67-62-57-52-46-24-21-18-15-12-8-3)105-88(93)74-69-64-59-54-49-44-40-34-30-28-26-23-20-17-14-11-7-2/h82-85,90H,6-81H2,1-5H3,(H,95,96)(H,97,98)/t82?,83-,84+,85+/m0/s1. The molecular formula is C89H174O17P2. The monoisotopic (exact) mass is 1580 g/mol. The Bertz CT molecular complexity index is 2050. The topological polar surface area (TPSA) is 237 Å². The number of carbonyl (C=O) groups is 4. The molecule has 19 heteroatoms. The molecule has 0 heterocycles. The normalized spacial score (nSPS) is 14.0. The molecule has 0 aliphatic carbocycles. The minimum Gasteiger partial charge on any atom is -0.462 e. The van der Waals surface area contributed by atoms with E-state index in [4.69, 9.17) is 37.0 Å². The van der Waals surface area contributed by atoms with Crippen LogP contribution in [-0.4, -0.2) is 96.7 Å². The fourth-order valence-electron chi connectivity index (χ4n) is 14.0. The minimum absolute atomic E-state index is 0.109. The molecule has 0 saturated heterocycles. The summed E-state index contributed by atoms with van der Waals surface area (Å²) in [6, 6.07) is 0. The lowest BCUT2D eigenvalue weighted by Gasteiger charge is -2.21. The smallest absolute Gasteiger partial charge is 0.462 e. The Hall–Kier alpha value is -1.94. The number of phosphoric ester groups is 2. The zero-order chi connectivity index (χ0) is 79.0. The zero-order valence-electron chi connectivity index (χ0n) is 71.0. The number of phosphoric acid groups is 2. The summed E-state index contributed by atoms with van der Waals surface area (Å²) in [5, 5.41) is 10.7. The van der Waals surface area contributed by atoms with Crippen LogP contribution in [-0.2, 0) is 65.4 Å². The lowest BCUT2D eigenvalue weighted by Crippen LogP contribution is -2.30. The van der Waals surface area contributed by atoms with Crippen LogP contribution in [0.3, 0.4) is 0 Å². The molecule has 0 saturated carbocycles. The van der Waals surface area contributed by atoms with Gasteiger partial charge in [-0.05, 0) is 31.6 Å². The van der Waals surface area contributed by atoms with E-state index in [0.717, 1.165) is 95.8 Å². The van der Waals surface area contributed by atoms with E-state index in [1.54, 1.807) is 0 Å². The molecule has 642 valence electrons. The highest BCUT2D eigenvalue weighted by Gasteiger charge is 2.31. The van der Waals surface area contributed by atoms with Crippen LogP contribution in [0.2, 0.25) is 0 Å². The highest BCUT2D eigenvalue weighted by molar-refractivity contribution is 7.47. The van der Waals surface area contributed by atoms with Crippen molar-refractivity contribution < 1.29 is 80.2 Å². The van der Waals surface area contributed by atoms with Crippen LogP contribution in [0.5, 0.6) is 0 Å². The van der Waals surface area contributed by atoms with Crippen LogP contribution in [0.25, 0.3) is 0 Å². The average molecular weight is 1580 g/mol. The van der Waals surface area contributed by atoms with Crippen LogP contribution in [0, 0.1) is 5.92 Å². The highest BCUT2D eigenvalue weighted by atomic mass is 31.2. The molecule has 0 fully saturated rings. The Balaban J connectivity index is 5.23. The van der Waals surface area contributed by atoms with Crippen LogP contribution in [0.1, 0.15) is 484 Å². The van der Waals surface area contributed by atoms with Crippen LogP contribution in [0.4, 0.5) is 0 Å². The molecule has 0 aliphatic heterocycles. The first-order valence-electron chi connectivity index (χ1n) is 46.2. The van der Waals surface area contributed by atoms with E-state index in [9.17, 15) is 43.2 Å². The minimum atomic E-state index is -4.97. The van der Waals surface area contributed by atoms with Gasteiger partial charge in [0.05, 0.1) is 26.4 Å². The summed E-state index contributed by atoms with van der Waals surface area (Å²) in [5.74, 6) is -1.22. The van der Waals surface area contributed by atoms with Crippen molar-refractivity contribution in [2.24, 2.45) is 5.92 Å². The molecular weight excluding hydrogens is 1400 g/mol. The third-order valence-corrected chi connectivity index (χ3v) is 23.3. The zero-order valence-corrected chi connectivity index (χ0v) is 72.8. The Morgan fingerprint density at radius 1 is 0.259 bits per heavy atom. The highest BCUT2D eigenvalue weighted by Crippen LogP contribution is 2.45. The molecule has 17 nitrogen and oxygen atoms in total. The van der Waals surface area contributed by atoms with Gasteiger partial charge in [-0.1, -0.05) is 433 Å². The number of carbonyl (C=O) groups excluding carboxylic acids is 4. The Morgan fingerprint density at radius 3 is 0.657 bits per heavy atom. The second-order valence-electron chi connectivity index (χ2n) is 32.2. The third kappa shape index (κ3) is 80.7. The maximum atomic E-state index is 13.2. The van der Waals surface area contributed by atoms with E-state index in [1.165, 1.54) is 308 Å². The summed E-state index contributed by atoms with van der Waals surface area (Å²) in [6.45, 7) is 7.45. The Morgan fingerprint density at radius 2 is 0.444 bits per heavy atom. The summed E-state index contributed by atoms with van der Waals surface area (Å²) in [4.78, 5) is 73.3. The van der Waals surface area contributed by atoms with Gasteiger partial charge in [0.1, 0.15) is 19.3 Å². The van der Waals surface area contributed by atoms with Gasteiger partial charge in [-0.15, -0.1) is 0 Å². The van der Waals surface area contributed by atoms with Crippen molar-refractivity contribution in [1.29, 1.82) is 0 Å². The SMILES string of the molecule is CCCCCCCCCCCCCCCCCCCCC(=O)OC[C@H](COP(=O)(O)OC[C@@H](O)COP(=O)(O)OC[C@@H](COC(=O)CCCCCCCCCCCCC)OC(=O)CCCCCCCCCCCCCCCCCCC)OC(=O)CCCCCCCCCCCCCCCCCCCCC(C)CC. The molecule has 0 aromatic carbocycles. The van der Waals surface area contributed by atoms with E-state index >= 15 is 0 Å². The van der Waals surface area contributed by atoms with Gasteiger partial charge in [0.15, 0.2) is 12.2 Å². The second-order valence-corrected chi connectivity index (χ2v) is 35.1. The summed E-state index contributed by atoms with van der Waals surface area (Å²) in [5.41, 5.74) is 0. The first-order chi connectivity index (χ1) is 52.6. The molecule has 108 heavy (non-hydrogen) atoms. The van der Waals surface area contributed by atoms with Gasteiger partial charge < -0.3 is 33.8 Å². The van der Waals surface area contributed by atoms with Gasteiger partial charge in [0.25, 0.3) is 0 Å². The molecule has 0 rings (SSSR count). The number of unbranched alkanes of at least 4 members (excludes halogenated alkanes) is 60. The predicted octanol–water partition coefficient (Wildman–Crippen LogP) is 27.5. The lowest BCUT2D eigenvalue weighted by molar-refractivity contribution is -0.161. The quantitative estimate of drug-likeness (QED) is 0.0222. The van der Waals surface area contributed by atoms with Crippen molar-refractivity contribution in [3.63, 3.8) is 0 Å². The van der Waals surface area contributed by atoms with Gasteiger partial charge >= 0.3 is 39.5 Å². The summed E-state index contributed by atoms with van der Waals surface area (Å²) < 4.78 is 69.0. The van der Waals surface area contributed by atoms with Gasteiger partial charge in [0, 0.05) is 25.7 Å². The van der Waals surface area contributed by atoms with Crippen LogP contribution >= 0.6 is 15.6 Å². The average Bonchev–Trinajstić information content (AvgIpc) is 0.902. The fourth-order valence-corrected chi connectivity index (χ4v) is 15.5. The molecule has 0 aromatic rings. The maximum absolute atomic E-state index is 13.2. The maximum Gasteiger partial charge on any atom is 0.472 e. The first kappa shape index (κ1) is 106. The fraction of sp³-hybridized carbons (Fsp3) is 0.955. The molecule has 0 radical (unpaired) electrons. The summed E-state index contributed by atoms with van der Waals surface area (Å²) >= 11 is 0. The second kappa shape index (κ2) is 81.6. The van der Waals surface area contributed by atoms with Crippen molar-refractivity contribution in [3.8, 4) is 0 Å². The van der Waals surface area contributed by atoms with Crippen molar-refractivity contribution in [2.45, 2.75) is 502 Å². The summed E-state index contributed by atoms with van der Waals surface area (Å²) in [7, 11) is -9.93. The third-order valence-electron chi connectivity index (χ3n) is 21.4. The van der Waals surface area contributed by atoms with Gasteiger partial charge in [-0.25, -0.2) is 9.13 Å². The number of hydrogen-bond acceptors (Lipinski definition) is 15. The lowest BCUT2D eigenvalue weighted by atomic mass is 9.99. The number of hydrogen-bond donors (Lipinski definition) is 3. The molecule has 0 spiro atoms. The first-order valence-corrected chi connectivity index (χ1v) is 49.2. The predicted molar refractivity (Wildman–Crippen MR) is 446 cm³/mol.